The van der Waals surface area contributed by atoms with Crippen LogP contribution in [0, 0.1) is 0 Å². The molecule has 1 amide bonds. The first kappa shape index (κ1) is 22.2. The van der Waals surface area contributed by atoms with Crippen LogP contribution in [-0.2, 0) is 9.59 Å². The van der Waals surface area contributed by atoms with Gasteiger partial charge in [0.05, 0.1) is 38.5 Å². The Labute approximate surface area is 181 Å². The van der Waals surface area contributed by atoms with Gasteiger partial charge in [-0.05, 0) is 36.2 Å². The Morgan fingerprint density at radius 3 is 2.19 bits per heavy atom. The molecule has 1 aliphatic heterocycles. The molecule has 0 bridgehead atoms. The highest BCUT2D eigenvalue weighted by atomic mass is 16.5. The fourth-order valence-electron chi connectivity index (χ4n) is 3.71. The molecule has 2 aromatic carbocycles. The topological polar surface area (TPSA) is 85.3 Å². The van der Waals surface area contributed by atoms with Crippen molar-refractivity contribution in [1.29, 1.82) is 0 Å². The number of carbonyl (C=O) groups is 2. The quantitative estimate of drug-likeness (QED) is 0.392. The highest BCUT2D eigenvalue weighted by molar-refractivity contribution is 6.46. The van der Waals surface area contributed by atoms with Crippen molar-refractivity contribution in [3.05, 3.63) is 59.2 Å². The molecular formula is C24H27NO6. The lowest BCUT2D eigenvalue weighted by Gasteiger charge is -2.25. The van der Waals surface area contributed by atoms with Crippen LogP contribution in [0.15, 0.2) is 48.0 Å². The number of amides is 1. The van der Waals surface area contributed by atoms with Crippen LogP contribution in [0.25, 0.3) is 5.76 Å². The number of nitrogens with zero attached hydrogens (tertiary/aromatic N) is 1. The molecular weight excluding hydrogens is 398 g/mol. The van der Waals surface area contributed by atoms with Gasteiger partial charge in [0.15, 0.2) is 0 Å². The average molecular weight is 425 g/mol. The van der Waals surface area contributed by atoms with Gasteiger partial charge in [0, 0.05) is 12.6 Å². The Hall–Kier alpha value is -3.48. The summed E-state index contributed by atoms with van der Waals surface area (Å²) in [5.41, 5.74) is 1.06. The van der Waals surface area contributed by atoms with Crippen LogP contribution in [0.3, 0.4) is 0 Å². The van der Waals surface area contributed by atoms with E-state index in [0.29, 0.717) is 34.9 Å². The van der Waals surface area contributed by atoms with Crippen molar-refractivity contribution in [1.82, 2.24) is 4.90 Å². The Morgan fingerprint density at radius 2 is 1.61 bits per heavy atom. The molecule has 31 heavy (non-hydrogen) atoms. The number of Topliss-reactive ketones (excluding diaryl/α,β-unsaturated/α-hetero) is 1. The van der Waals surface area contributed by atoms with Gasteiger partial charge in [0.25, 0.3) is 11.7 Å². The molecule has 0 spiro atoms. The Kier molecular flexibility index (Phi) is 6.84. The van der Waals surface area contributed by atoms with E-state index in [9.17, 15) is 14.7 Å². The lowest BCUT2D eigenvalue weighted by molar-refractivity contribution is -0.139. The van der Waals surface area contributed by atoms with Gasteiger partial charge in [-0.3, -0.25) is 9.59 Å². The molecule has 0 aromatic heterocycles. The Balaban J connectivity index is 2.18. The largest absolute Gasteiger partial charge is 0.507 e. The minimum atomic E-state index is -0.715. The Morgan fingerprint density at radius 1 is 0.968 bits per heavy atom. The van der Waals surface area contributed by atoms with E-state index < -0.39 is 17.7 Å². The van der Waals surface area contributed by atoms with Crippen molar-refractivity contribution in [3.63, 3.8) is 0 Å². The molecule has 0 saturated carbocycles. The number of aliphatic hydroxyl groups excluding tert-OH is 1. The number of benzene rings is 2. The molecule has 164 valence electrons. The van der Waals surface area contributed by atoms with Crippen molar-refractivity contribution in [3.8, 4) is 17.2 Å². The van der Waals surface area contributed by atoms with Gasteiger partial charge in [-0.15, -0.1) is 0 Å². The van der Waals surface area contributed by atoms with Gasteiger partial charge in [0.2, 0.25) is 0 Å². The fourth-order valence-corrected chi connectivity index (χ4v) is 3.71. The number of ketones is 1. The molecule has 1 aliphatic rings. The van der Waals surface area contributed by atoms with E-state index in [1.807, 2.05) is 6.92 Å². The molecule has 1 heterocycles. The molecule has 0 radical (unpaired) electrons. The average Bonchev–Trinajstić information content (AvgIpc) is 3.06. The predicted molar refractivity (Wildman–Crippen MR) is 116 cm³/mol. The van der Waals surface area contributed by atoms with Crippen LogP contribution in [0.4, 0.5) is 0 Å². The van der Waals surface area contributed by atoms with Gasteiger partial charge >= 0.3 is 0 Å². The van der Waals surface area contributed by atoms with Crippen LogP contribution < -0.4 is 14.2 Å². The molecule has 7 heteroatoms. The van der Waals surface area contributed by atoms with Crippen molar-refractivity contribution in [2.45, 2.75) is 25.8 Å². The predicted octanol–water partition coefficient (Wildman–Crippen LogP) is 3.93. The first-order valence-electron chi connectivity index (χ1n) is 10.1. The summed E-state index contributed by atoms with van der Waals surface area (Å²) < 4.78 is 15.8. The normalized spacial score (nSPS) is 17.7. The van der Waals surface area contributed by atoms with Crippen molar-refractivity contribution >= 4 is 17.4 Å². The summed E-state index contributed by atoms with van der Waals surface area (Å²) in [6.45, 7) is 2.43. The molecule has 1 N–H and O–H groups in total. The van der Waals surface area contributed by atoms with E-state index >= 15 is 0 Å². The van der Waals surface area contributed by atoms with Gasteiger partial charge in [0.1, 0.15) is 23.0 Å². The summed E-state index contributed by atoms with van der Waals surface area (Å²) in [5.74, 6) is -0.0760. The second-order valence-electron chi connectivity index (χ2n) is 7.19. The number of rotatable bonds is 8. The van der Waals surface area contributed by atoms with Gasteiger partial charge in [-0.2, -0.15) is 0 Å². The third kappa shape index (κ3) is 4.21. The lowest BCUT2D eigenvalue weighted by Crippen LogP contribution is -2.30. The zero-order chi connectivity index (χ0) is 22.5. The van der Waals surface area contributed by atoms with E-state index in [1.165, 1.54) is 19.1 Å². The van der Waals surface area contributed by atoms with Crippen molar-refractivity contribution in [2.75, 3.05) is 27.9 Å². The third-order valence-electron chi connectivity index (χ3n) is 5.39. The molecule has 1 unspecified atom stereocenters. The number of unbranched alkanes of at least 4 members (excludes halogenated alkanes) is 1. The number of hydrogen-bond acceptors (Lipinski definition) is 6. The van der Waals surface area contributed by atoms with Crippen molar-refractivity contribution < 1.29 is 28.9 Å². The first-order valence-corrected chi connectivity index (χ1v) is 10.1. The highest BCUT2D eigenvalue weighted by Gasteiger charge is 2.46. The smallest absolute Gasteiger partial charge is 0.295 e. The molecule has 1 saturated heterocycles. The number of likely N-dealkylation sites (tertiary alicyclic amines) is 1. The van der Waals surface area contributed by atoms with Crippen LogP contribution in [0.5, 0.6) is 17.2 Å². The summed E-state index contributed by atoms with van der Waals surface area (Å²) in [6, 6.07) is 11.3. The summed E-state index contributed by atoms with van der Waals surface area (Å²) >= 11 is 0. The number of aliphatic hydroxyl groups is 1. The first-order chi connectivity index (χ1) is 15.0. The molecule has 1 fully saturated rings. The maximum absolute atomic E-state index is 13.0. The number of methoxy groups -OCH3 is 3. The van der Waals surface area contributed by atoms with E-state index in [0.717, 1.165) is 12.8 Å². The summed E-state index contributed by atoms with van der Waals surface area (Å²) in [4.78, 5) is 27.4. The minimum Gasteiger partial charge on any atom is -0.507 e. The van der Waals surface area contributed by atoms with Crippen LogP contribution in [-0.4, -0.2) is 49.6 Å². The van der Waals surface area contributed by atoms with Crippen LogP contribution in [0.2, 0.25) is 0 Å². The van der Waals surface area contributed by atoms with Crippen LogP contribution >= 0.6 is 0 Å². The summed E-state index contributed by atoms with van der Waals surface area (Å²) in [7, 11) is 4.56. The van der Waals surface area contributed by atoms with Gasteiger partial charge < -0.3 is 24.2 Å². The molecule has 7 nitrogen and oxygen atoms in total. The van der Waals surface area contributed by atoms with E-state index in [2.05, 4.69) is 0 Å². The highest BCUT2D eigenvalue weighted by Crippen LogP contribution is 2.41. The SMILES string of the molecule is CCCCN1C(=O)C(=O)/C(=C(\O)c2ccc(OC)cc2OC)C1c1ccc(OC)cc1. The van der Waals surface area contributed by atoms with Crippen molar-refractivity contribution in [2.24, 2.45) is 0 Å². The number of ether oxygens (including phenoxy) is 3. The van der Waals surface area contributed by atoms with E-state index in [1.54, 1.807) is 49.6 Å². The van der Waals surface area contributed by atoms with E-state index in [-0.39, 0.29) is 11.3 Å². The summed E-state index contributed by atoms with van der Waals surface area (Å²) in [5, 5.41) is 11.2. The standard InChI is InChI=1S/C24H27NO6/c1-5-6-13-25-21(15-7-9-16(29-2)10-8-15)20(23(27)24(25)28)22(26)18-12-11-17(30-3)14-19(18)31-4/h7-12,14,21,26H,5-6,13H2,1-4H3/b22-20-. The maximum Gasteiger partial charge on any atom is 0.295 e. The third-order valence-corrected chi connectivity index (χ3v) is 5.39. The molecule has 3 rings (SSSR count). The second kappa shape index (κ2) is 9.55. The minimum absolute atomic E-state index is 0.0368. The second-order valence-corrected chi connectivity index (χ2v) is 7.19. The molecule has 0 aliphatic carbocycles. The number of carbonyl (C=O) groups excluding carboxylic acids is 2. The zero-order valence-corrected chi connectivity index (χ0v) is 18.2. The Bertz CT molecular complexity index is 996. The maximum atomic E-state index is 13.0. The summed E-state index contributed by atoms with van der Waals surface area (Å²) in [6.07, 6.45) is 1.61. The van der Waals surface area contributed by atoms with Crippen LogP contribution in [0.1, 0.15) is 36.9 Å². The molecule has 2 aromatic rings. The van der Waals surface area contributed by atoms with Gasteiger partial charge in [-0.25, -0.2) is 0 Å². The van der Waals surface area contributed by atoms with Gasteiger partial charge in [-0.1, -0.05) is 25.5 Å². The number of hydrogen-bond donors (Lipinski definition) is 1. The lowest BCUT2D eigenvalue weighted by atomic mass is 9.94. The monoisotopic (exact) mass is 425 g/mol. The molecule has 1 atom stereocenters. The zero-order valence-electron chi connectivity index (χ0n) is 18.2. The van der Waals surface area contributed by atoms with E-state index in [4.69, 9.17) is 14.2 Å². The fraction of sp³-hybridized carbons (Fsp3) is 0.333.